The molecule has 4 aromatic rings. The summed E-state index contributed by atoms with van der Waals surface area (Å²) in [6.45, 7) is 1.45. The molecule has 2 N–H and O–H groups in total. The number of hydrogen-bond donors (Lipinski definition) is 1. The van der Waals surface area contributed by atoms with E-state index in [2.05, 4.69) is 11.2 Å². The van der Waals surface area contributed by atoms with Crippen LogP contribution in [0.3, 0.4) is 0 Å². The van der Waals surface area contributed by atoms with Crippen molar-refractivity contribution in [2.24, 2.45) is 10.8 Å². The molecular weight excluding hydrogens is 436 g/mol. The summed E-state index contributed by atoms with van der Waals surface area (Å²) in [5.74, 6) is -0.826. The Labute approximate surface area is 203 Å². The van der Waals surface area contributed by atoms with Crippen LogP contribution in [0, 0.1) is 11.3 Å². The van der Waals surface area contributed by atoms with Crippen molar-refractivity contribution < 1.29 is 4.79 Å². The van der Waals surface area contributed by atoms with Crippen LogP contribution in [-0.2, 0) is 4.79 Å². The van der Waals surface area contributed by atoms with E-state index in [1.807, 2.05) is 97.2 Å². The molecule has 7 nitrogen and oxygen atoms in total. The minimum Gasteiger partial charge on any atom is -0.383 e. The molecule has 1 aliphatic rings. The normalized spacial score (nSPS) is 15.5. The quantitative estimate of drug-likeness (QED) is 0.464. The van der Waals surface area contributed by atoms with Crippen molar-refractivity contribution in [1.82, 2.24) is 9.78 Å². The molecule has 170 valence electrons. The van der Waals surface area contributed by atoms with Crippen molar-refractivity contribution in [2.45, 2.75) is 12.8 Å². The van der Waals surface area contributed by atoms with Gasteiger partial charge in [0.15, 0.2) is 5.78 Å². The molecule has 7 heteroatoms. The van der Waals surface area contributed by atoms with E-state index in [1.165, 1.54) is 11.9 Å². The molecule has 3 aromatic carbocycles. The Morgan fingerprint density at radius 2 is 1.49 bits per heavy atom. The van der Waals surface area contributed by atoms with Crippen molar-refractivity contribution in [1.29, 1.82) is 5.26 Å². The number of nitriles is 1. The van der Waals surface area contributed by atoms with E-state index in [9.17, 15) is 10.1 Å². The lowest BCUT2D eigenvalue weighted by Crippen LogP contribution is -2.36. The van der Waals surface area contributed by atoms with E-state index in [0.29, 0.717) is 16.9 Å². The molecule has 0 amide bonds. The van der Waals surface area contributed by atoms with Gasteiger partial charge in [-0.3, -0.25) is 4.79 Å². The van der Waals surface area contributed by atoms with Gasteiger partial charge < -0.3 is 5.73 Å². The number of Topliss-reactive ketones (excluding diaryl/α,β-unsaturated/α-hetero) is 1. The highest BCUT2D eigenvalue weighted by molar-refractivity contribution is 6.42. The highest BCUT2D eigenvalue weighted by atomic mass is 16.1. The molecule has 0 saturated heterocycles. The van der Waals surface area contributed by atoms with Gasteiger partial charge in [-0.25, -0.2) is 9.69 Å². The maximum Gasteiger partial charge on any atom is 0.176 e. The molecule has 1 unspecified atom stereocenters. The monoisotopic (exact) mass is 458 g/mol. The second-order valence-corrected chi connectivity index (χ2v) is 8.11. The fraction of sp³-hybridized carbons (Fsp3) is 0.0714. The highest BCUT2D eigenvalue weighted by Crippen LogP contribution is 2.39. The second kappa shape index (κ2) is 9.12. The molecule has 1 aromatic heterocycles. The van der Waals surface area contributed by atoms with E-state index in [-0.39, 0.29) is 22.9 Å². The van der Waals surface area contributed by atoms with Crippen molar-refractivity contribution in [3.05, 3.63) is 114 Å². The van der Waals surface area contributed by atoms with Gasteiger partial charge in [0.1, 0.15) is 11.5 Å². The molecule has 0 saturated carbocycles. The summed E-state index contributed by atoms with van der Waals surface area (Å²) >= 11 is 0. The molecule has 0 spiro atoms. The molecule has 2 heterocycles. The molecule has 0 radical (unpaired) electrons. The minimum absolute atomic E-state index is 0.181. The third kappa shape index (κ3) is 3.98. The van der Waals surface area contributed by atoms with E-state index in [1.54, 1.807) is 4.68 Å². The van der Waals surface area contributed by atoms with Crippen LogP contribution in [-0.4, -0.2) is 21.3 Å². The first-order chi connectivity index (χ1) is 17.1. The van der Waals surface area contributed by atoms with E-state index in [4.69, 9.17) is 10.8 Å². The van der Waals surface area contributed by atoms with Crippen LogP contribution >= 0.6 is 0 Å². The molecular formula is C28H22N6O. The van der Waals surface area contributed by atoms with Crippen molar-refractivity contribution >= 4 is 17.2 Å². The number of carbonyl (C=O) groups excluding carboxylic acids is 1. The standard InChI is InChI=1S/C28H22N6O/c1-19(35)26-25(23(17-29)28(30)34(32-26)22-15-9-4-10-16-22)24-18-33(21-13-7-3-8-14-21)31-27(24)20-11-5-2-6-12-20/h2-16,18,25H,30H2,1H3. The zero-order valence-corrected chi connectivity index (χ0v) is 19.0. The smallest absolute Gasteiger partial charge is 0.176 e. The summed E-state index contributed by atoms with van der Waals surface area (Å²) in [6, 6.07) is 30.8. The fourth-order valence-corrected chi connectivity index (χ4v) is 4.21. The summed E-state index contributed by atoms with van der Waals surface area (Å²) in [7, 11) is 0. The first-order valence-corrected chi connectivity index (χ1v) is 11.1. The number of benzene rings is 3. The number of nitrogens with zero attached hydrogens (tertiary/aromatic N) is 5. The molecule has 35 heavy (non-hydrogen) atoms. The second-order valence-electron chi connectivity index (χ2n) is 8.11. The number of para-hydroxylation sites is 2. The third-order valence-electron chi connectivity index (χ3n) is 5.88. The van der Waals surface area contributed by atoms with Crippen molar-refractivity contribution in [2.75, 3.05) is 5.01 Å². The number of aromatic nitrogens is 2. The molecule has 5 rings (SSSR count). The summed E-state index contributed by atoms with van der Waals surface area (Å²) in [6.07, 6.45) is 1.85. The van der Waals surface area contributed by atoms with Crippen LogP contribution in [0.1, 0.15) is 18.4 Å². The van der Waals surface area contributed by atoms with Crippen LogP contribution < -0.4 is 10.7 Å². The maximum absolute atomic E-state index is 12.9. The highest BCUT2D eigenvalue weighted by Gasteiger charge is 2.37. The molecule has 0 aliphatic carbocycles. The van der Waals surface area contributed by atoms with Crippen molar-refractivity contribution in [3.8, 4) is 23.0 Å². The first kappa shape index (κ1) is 21.9. The minimum atomic E-state index is -0.759. The lowest BCUT2D eigenvalue weighted by atomic mass is 9.83. The molecule has 1 atom stereocenters. The van der Waals surface area contributed by atoms with Gasteiger partial charge in [0.25, 0.3) is 0 Å². The number of rotatable bonds is 5. The Morgan fingerprint density at radius 1 is 0.914 bits per heavy atom. The number of hydrogen-bond acceptors (Lipinski definition) is 6. The van der Waals surface area contributed by atoms with Crippen LogP contribution in [0.2, 0.25) is 0 Å². The lowest BCUT2D eigenvalue weighted by molar-refractivity contribution is -0.111. The van der Waals surface area contributed by atoms with Gasteiger partial charge in [0.05, 0.1) is 34.6 Å². The Morgan fingerprint density at radius 3 is 2.06 bits per heavy atom. The number of hydrazone groups is 1. The van der Waals surface area contributed by atoms with Gasteiger partial charge >= 0.3 is 0 Å². The van der Waals surface area contributed by atoms with E-state index >= 15 is 0 Å². The Kier molecular flexibility index (Phi) is 5.70. The number of anilines is 1. The topological polar surface area (TPSA) is 100 Å². The Bertz CT molecular complexity index is 1480. The number of carbonyl (C=O) groups is 1. The van der Waals surface area contributed by atoms with Crippen LogP contribution in [0.5, 0.6) is 0 Å². The number of ketones is 1. The van der Waals surface area contributed by atoms with Crippen LogP contribution in [0.4, 0.5) is 5.69 Å². The van der Waals surface area contributed by atoms with Gasteiger partial charge in [-0.15, -0.1) is 0 Å². The predicted molar refractivity (Wildman–Crippen MR) is 136 cm³/mol. The Balaban J connectivity index is 1.74. The summed E-state index contributed by atoms with van der Waals surface area (Å²) in [4.78, 5) is 12.9. The molecule has 1 aliphatic heterocycles. The van der Waals surface area contributed by atoms with Gasteiger partial charge in [0.2, 0.25) is 0 Å². The number of allylic oxidation sites excluding steroid dienone is 1. The van der Waals surface area contributed by atoms with Crippen molar-refractivity contribution in [3.63, 3.8) is 0 Å². The zero-order chi connectivity index (χ0) is 24.4. The molecule has 0 fully saturated rings. The van der Waals surface area contributed by atoms with E-state index < -0.39 is 5.92 Å². The van der Waals surface area contributed by atoms with Gasteiger partial charge in [-0.2, -0.15) is 15.5 Å². The largest absolute Gasteiger partial charge is 0.383 e. The van der Waals surface area contributed by atoms with Crippen LogP contribution in [0.15, 0.2) is 114 Å². The SMILES string of the molecule is CC(=O)C1=NN(c2ccccc2)C(N)=C(C#N)C1c1cn(-c2ccccc2)nc1-c1ccccc1. The third-order valence-corrected chi connectivity index (χ3v) is 5.88. The summed E-state index contributed by atoms with van der Waals surface area (Å²) in [5, 5.41) is 21.2. The van der Waals surface area contributed by atoms with Crippen LogP contribution in [0.25, 0.3) is 16.9 Å². The lowest BCUT2D eigenvalue weighted by Gasteiger charge is -2.30. The van der Waals surface area contributed by atoms with E-state index in [0.717, 1.165) is 11.3 Å². The predicted octanol–water partition coefficient (Wildman–Crippen LogP) is 4.78. The average molecular weight is 459 g/mol. The Hall–Kier alpha value is -4.96. The molecule has 0 bridgehead atoms. The van der Waals surface area contributed by atoms with Gasteiger partial charge in [-0.05, 0) is 24.3 Å². The maximum atomic E-state index is 12.9. The fourth-order valence-electron chi connectivity index (χ4n) is 4.21. The first-order valence-electron chi connectivity index (χ1n) is 11.1. The summed E-state index contributed by atoms with van der Waals surface area (Å²) < 4.78 is 1.75. The number of nitrogens with two attached hydrogens (primary N) is 1. The average Bonchev–Trinajstić information content (AvgIpc) is 3.35. The summed E-state index contributed by atoms with van der Waals surface area (Å²) in [5.41, 5.74) is 10.7. The zero-order valence-electron chi connectivity index (χ0n) is 19.0. The van der Waals surface area contributed by atoms with Gasteiger partial charge in [0, 0.05) is 24.2 Å². The van der Waals surface area contributed by atoms with Gasteiger partial charge in [-0.1, -0.05) is 66.7 Å².